The predicted octanol–water partition coefficient (Wildman–Crippen LogP) is 4.36. The number of halogens is 3. The highest BCUT2D eigenvalue weighted by atomic mass is 127. The molecule has 1 N–H and O–H groups in total. The number of ether oxygens (including phenoxy) is 2. The molecular formula is C17H20I3NO4. The number of esters is 2. The maximum atomic E-state index is 12.9. The summed E-state index contributed by atoms with van der Waals surface area (Å²) >= 11 is 6.27. The van der Waals surface area contributed by atoms with Crippen LogP contribution in [0.15, 0.2) is 6.07 Å². The summed E-state index contributed by atoms with van der Waals surface area (Å²) < 4.78 is 13.4. The number of nitrogens with one attached hydrogen (secondary N) is 1. The highest BCUT2D eigenvalue weighted by Gasteiger charge is 2.35. The van der Waals surface area contributed by atoms with E-state index >= 15 is 0 Å². The van der Waals surface area contributed by atoms with E-state index in [4.69, 9.17) is 9.47 Å². The maximum absolute atomic E-state index is 12.9. The van der Waals surface area contributed by atoms with E-state index in [1.54, 1.807) is 0 Å². The number of carbonyl (C=O) groups excluding carboxylic acids is 2. The Labute approximate surface area is 188 Å². The Kier molecular flexibility index (Phi) is 7.78. The van der Waals surface area contributed by atoms with Crippen LogP contribution in [0.4, 0.5) is 0 Å². The first kappa shape index (κ1) is 21.6. The Morgan fingerprint density at radius 1 is 1.16 bits per heavy atom. The largest absolute Gasteiger partial charge is 0.456 e. The second-order valence-electron chi connectivity index (χ2n) is 6.47. The van der Waals surface area contributed by atoms with Crippen LogP contribution < -0.4 is 10.1 Å². The molecule has 1 fully saturated rings. The Morgan fingerprint density at radius 2 is 1.76 bits per heavy atom. The minimum absolute atomic E-state index is 0.324. The molecule has 1 aliphatic rings. The second-order valence-corrected chi connectivity index (χ2v) is 9.87. The summed E-state index contributed by atoms with van der Waals surface area (Å²) in [6.07, 6.45) is 1.97. The minimum Gasteiger partial charge on any atom is -0.456 e. The van der Waals surface area contributed by atoms with E-state index in [-0.39, 0.29) is 5.97 Å². The van der Waals surface area contributed by atoms with Crippen molar-refractivity contribution in [1.29, 1.82) is 0 Å². The third-order valence-corrected chi connectivity index (χ3v) is 6.94. The molecule has 0 aliphatic carbocycles. The van der Waals surface area contributed by atoms with E-state index in [1.807, 2.05) is 42.5 Å². The molecule has 138 valence electrons. The maximum Gasteiger partial charge on any atom is 0.340 e. The first-order valence-electron chi connectivity index (χ1n) is 7.93. The van der Waals surface area contributed by atoms with Gasteiger partial charge < -0.3 is 14.8 Å². The molecular weight excluding hydrogens is 663 g/mol. The summed E-state index contributed by atoms with van der Waals surface area (Å²) in [5.74, 6) is -0.0425. The zero-order valence-electron chi connectivity index (χ0n) is 14.3. The number of carbonyl (C=O) groups is 2. The van der Waals surface area contributed by atoms with Gasteiger partial charge in [0.25, 0.3) is 0 Å². The van der Waals surface area contributed by atoms with Gasteiger partial charge in [-0.1, -0.05) is 0 Å². The van der Waals surface area contributed by atoms with E-state index in [1.165, 1.54) is 6.92 Å². The van der Waals surface area contributed by atoms with Crippen LogP contribution >= 0.6 is 67.8 Å². The molecule has 0 amide bonds. The average molecular weight is 683 g/mol. The van der Waals surface area contributed by atoms with Crippen LogP contribution in [0.2, 0.25) is 0 Å². The Morgan fingerprint density at radius 3 is 2.32 bits per heavy atom. The van der Waals surface area contributed by atoms with Gasteiger partial charge in [0, 0.05) is 16.4 Å². The fourth-order valence-electron chi connectivity index (χ4n) is 2.89. The fourth-order valence-corrected chi connectivity index (χ4v) is 6.92. The van der Waals surface area contributed by atoms with Crippen LogP contribution in [0.25, 0.3) is 0 Å². The lowest BCUT2D eigenvalue weighted by Gasteiger charge is -2.36. The van der Waals surface area contributed by atoms with Crippen molar-refractivity contribution in [2.75, 3.05) is 13.1 Å². The summed E-state index contributed by atoms with van der Waals surface area (Å²) in [4.78, 5) is 24.3. The number of rotatable bonds is 4. The molecule has 1 aromatic rings. The summed E-state index contributed by atoms with van der Waals surface area (Å²) in [7, 11) is 0. The molecule has 1 saturated heterocycles. The van der Waals surface area contributed by atoms with E-state index in [0.717, 1.165) is 33.1 Å². The Hall–Kier alpha value is 0.310. The van der Waals surface area contributed by atoms with Gasteiger partial charge in [0.2, 0.25) is 0 Å². The summed E-state index contributed by atoms with van der Waals surface area (Å²) in [6, 6.07) is 1.83. The van der Waals surface area contributed by atoms with Gasteiger partial charge in [-0.15, -0.1) is 0 Å². The molecule has 0 aromatic heterocycles. The van der Waals surface area contributed by atoms with Crippen molar-refractivity contribution in [2.45, 2.75) is 39.2 Å². The van der Waals surface area contributed by atoms with Crippen molar-refractivity contribution in [3.05, 3.63) is 22.3 Å². The van der Waals surface area contributed by atoms with Crippen LogP contribution in [0.3, 0.4) is 0 Å². The molecule has 1 aliphatic heterocycles. The van der Waals surface area contributed by atoms with Crippen molar-refractivity contribution in [3.8, 4) is 5.75 Å². The first-order valence-corrected chi connectivity index (χ1v) is 11.2. The molecule has 0 radical (unpaired) electrons. The first-order chi connectivity index (χ1) is 11.6. The fraction of sp³-hybridized carbons (Fsp3) is 0.529. The van der Waals surface area contributed by atoms with E-state index in [2.05, 4.69) is 50.5 Å². The lowest BCUT2D eigenvalue weighted by atomic mass is 9.83. The van der Waals surface area contributed by atoms with Crippen molar-refractivity contribution in [3.63, 3.8) is 0 Å². The Balaban J connectivity index is 2.30. The summed E-state index contributed by atoms with van der Waals surface area (Å²) in [5.41, 5.74) is -0.0875. The zero-order chi connectivity index (χ0) is 18.8. The normalized spacial score (nSPS) is 15.8. The van der Waals surface area contributed by atoms with Crippen molar-refractivity contribution < 1.29 is 19.1 Å². The quantitative estimate of drug-likeness (QED) is 0.291. The van der Waals surface area contributed by atoms with Crippen LogP contribution in [0.1, 0.15) is 44.0 Å². The number of piperidine rings is 1. The topological polar surface area (TPSA) is 64.6 Å². The molecule has 1 aromatic carbocycles. The van der Waals surface area contributed by atoms with Gasteiger partial charge in [0.05, 0.1) is 12.7 Å². The molecule has 0 unspecified atom stereocenters. The van der Waals surface area contributed by atoms with Gasteiger partial charge in [-0.25, -0.2) is 4.79 Å². The van der Waals surface area contributed by atoms with Crippen LogP contribution in [-0.4, -0.2) is 30.6 Å². The van der Waals surface area contributed by atoms with Crippen LogP contribution in [0.5, 0.6) is 5.75 Å². The smallest absolute Gasteiger partial charge is 0.340 e. The van der Waals surface area contributed by atoms with Crippen molar-refractivity contribution >= 4 is 79.7 Å². The van der Waals surface area contributed by atoms with Gasteiger partial charge >= 0.3 is 11.9 Å². The summed E-state index contributed by atoms with van der Waals surface area (Å²) in [5, 5.41) is 3.33. The average Bonchev–Trinajstić information content (AvgIpc) is 2.51. The van der Waals surface area contributed by atoms with Gasteiger partial charge in [-0.05, 0) is 114 Å². The van der Waals surface area contributed by atoms with Gasteiger partial charge in [-0.2, -0.15) is 0 Å². The van der Waals surface area contributed by atoms with E-state index < -0.39 is 11.6 Å². The molecule has 0 saturated carbocycles. The number of benzene rings is 1. The molecule has 2 rings (SSSR count). The number of hydrogen-bond acceptors (Lipinski definition) is 5. The van der Waals surface area contributed by atoms with Crippen molar-refractivity contribution in [2.24, 2.45) is 5.92 Å². The second kappa shape index (κ2) is 9.00. The SMILES string of the molecule is CC(=O)Oc1c(I)cc(I)c(C(=O)OC(C)(C)C2CCNCC2)c1I. The lowest BCUT2D eigenvalue weighted by Crippen LogP contribution is -2.43. The standard InChI is InChI=1S/C17H20I3NO4/c1-9(22)24-15-12(19)8-11(18)13(14(15)20)16(23)25-17(2,3)10-4-6-21-7-5-10/h8,10,21H,4-7H2,1-3H3. The van der Waals surface area contributed by atoms with E-state index in [0.29, 0.717) is 20.8 Å². The van der Waals surface area contributed by atoms with Crippen LogP contribution in [-0.2, 0) is 9.53 Å². The monoisotopic (exact) mass is 683 g/mol. The third-order valence-electron chi connectivity index (χ3n) is 4.26. The molecule has 25 heavy (non-hydrogen) atoms. The lowest BCUT2D eigenvalue weighted by molar-refractivity contribution is -0.132. The van der Waals surface area contributed by atoms with Gasteiger partial charge in [0.1, 0.15) is 5.60 Å². The molecule has 1 heterocycles. The summed E-state index contributed by atoms with van der Waals surface area (Å²) in [6.45, 7) is 7.19. The zero-order valence-corrected chi connectivity index (χ0v) is 20.7. The highest BCUT2D eigenvalue weighted by Crippen LogP contribution is 2.36. The minimum atomic E-state index is -0.546. The van der Waals surface area contributed by atoms with Gasteiger partial charge in [-0.3, -0.25) is 4.79 Å². The molecule has 5 nitrogen and oxygen atoms in total. The predicted molar refractivity (Wildman–Crippen MR) is 121 cm³/mol. The molecule has 0 bridgehead atoms. The molecule has 8 heteroatoms. The molecule has 0 atom stereocenters. The van der Waals surface area contributed by atoms with Crippen LogP contribution in [0, 0.1) is 16.6 Å². The van der Waals surface area contributed by atoms with Crippen molar-refractivity contribution in [1.82, 2.24) is 5.32 Å². The highest BCUT2D eigenvalue weighted by molar-refractivity contribution is 14.1. The third kappa shape index (κ3) is 5.41. The Bertz CT molecular complexity index is 685. The van der Waals surface area contributed by atoms with Gasteiger partial charge in [0.15, 0.2) is 5.75 Å². The van der Waals surface area contributed by atoms with E-state index in [9.17, 15) is 9.59 Å². The number of hydrogen-bond donors (Lipinski definition) is 1. The molecule has 0 spiro atoms.